The second kappa shape index (κ2) is 7.99. The summed E-state index contributed by atoms with van der Waals surface area (Å²) in [6.07, 6.45) is 10.9. The van der Waals surface area contributed by atoms with Crippen molar-refractivity contribution in [2.24, 2.45) is 11.7 Å². The van der Waals surface area contributed by atoms with Gasteiger partial charge in [0, 0.05) is 25.0 Å². The van der Waals surface area contributed by atoms with Crippen LogP contribution < -0.4 is 5.73 Å². The Balaban J connectivity index is 1.76. The van der Waals surface area contributed by atoms with E-state index in [-0.39, 0.29) is 12.5 Å². The zero-order valence-electron chi connectivity index (χ0n) is 12.6. The normalized spacial score (nSPS) is 27.7. The Morgan fingerprint density at radius 1 is 1.10 bits per heavy atom. The molecular formula is C16H30N2O2. The number of hydrogen-bond donors (Lipinski definition) is 2. The van der Waals surface area contributed by atoms with Gasteiger partial charge >= 0.3 is 0 Å². The largest absolute Gasteiger partial charge is 0.395 e. The van der Waals surface area contributed by atoms with Crippen molar-refractivity contribution in [2.45, 2.75) is 76.3 Å². The minimum absolute atomic E-state index is 0.0839. The molecule has 0 heterocycles. The van der Waals surface area contributed by atoms with Crippen molar-refractivity contribution in [3.05, 3.63) is 0 Å². The molecule has 0 aromatic carbocycles. The molecule has 2 aliphatic carbocycles. The van der Waals surface area contributed by atoms with Gasteiger partial charge in [-0.05, 0) is 50.9 Å². The molecule has 4 nitrogen and oxygen atoms in total. The van der Waals surface area contributed by atoms with Crippen molar-refractivity contribution in [1.82, 2.24) is 4.90 Å². The fraction of sp³-hybridized carbons (Fsp3) is 0.938. The zero-order valence-corrected chi connectivity index (χ0v) is 12.6. The van der Waals surface area contributed by atoms with Gasteiger partial charge in [-0.2, -0.15) is 0 Å². The molecule has 0 unspecified atom stereocenters. The lowest BCUT2D eigenvalue weighted by molar-refractivity contribution is -0.134. The number of nitrogens with zero attached hydrogens (tertiary/aromatic N) is 1. The van der Waals surface area contributed by atoms with E-state index in [0.717, 1.165) is 32.1 Å². The van der Waals surface area contributed by atoms with Gasteiger partial charge in [-0.25, -0.2) is 0 Å². The van der Waals surface area contributed by atoms with E-state index < -0.39 is 0 Å². The van der Waals surface area contributed by atoms with Crippen molar-refractivity contribution < 1.29 is 9.90 Å². The van der Waals surface area contributed by atoms with Gasteiger partial charge in [-0.3, -0.25) is 4.79 Å². The van der Waals surface area contributed by atoms with Crippen LogP contribution in [0.4, 0.5) is 0 Å². The first-order valence-electron chi connectivity index (χ1n) is 8.36. The van der Waals surface area contributed by atoms with Crippen LogP contribution in [0.15, 0.2) is 0 Å². The molecule has 20 heavy (non-hydrogen) atoms. The molecule has 0 radical (unpaired) electrons. The Morgan fingerprint density at radius 3 is 2.35 bits per heavy atom. The molecule has 0 aromatic heterocycles. The van der Waals surface area contributed by atoms with E-state index in [1.165, 1.54) is 25.7 Å². The fourth-order valence-corrected chi connectivity index (χ4v) is 3.78. The summed E-state index contributed by atoms with van der Waals surface area (Å²) < 4.78 is 0. The number of rotatable bonds is 6. The lowest BCUT2D eigenvalue weighted by atomic mass is 9.83. The van der Waals surface area contributed by atoms with Crippen LogP contribution in [0.2, 0.25) is 0 Å². The maximum atomic E-state index is 12.4. The van der Waals surface area contributed by atoms with E-state index in [2.05, 4.69) is 0 Å². The monoisotopic (exact) mass is 282 g/mol. The van der Waals surface area contributed by atoms with Crippen molar-refractivity contribution in [2.75, 3.05) is 13.2 Å². The topological polar surface area (TPSA) is 66.6 Å². The molecule has 3 N–H and O–H groups in total. The summed E-state index contributed by atoms with van der Waals surface area (Å²) in [4.78, 5) is 14.4. The van der Waals surface area contributed by atoms with Crippen LogP contribution in [0.5, 0.6) is 0 Å². The van der Waals surface area contributed by atoms with E-state index >= 15 is 0 Å². The molecule has 0 aliphatic heterocycles. The summed E-state index contributed by atoms with van der Waals surface area (Å²) >= 11 is 0. The number of aliphatic hydroxyl groups is 1. The van der Waals surface area contributed by atoms with Gasteiger partial charge in [0.05, 0.1) is 6.61 Å². The summed E-state index contributed by atoms with van der Waals surface area (Å²) in [6, 6.07) is 0.765. The van der Waals surface area contributed by atoms with Crippen molar-refractivity contribution in [3.8, 4) is 0 Å². The number of carbonyl (C=O) groups is 1. The molecule has 116 valence electrons. The first-order valence-corrected chi connectivity index (χ1v) is 8.36. The lowest BCUT2D eigenvalue weighted by Gasteiger charge is -2.30. The summed E-state index contributed by atoms with van der Waals surface area (Å²) in [5, 5.41) is 9.18. The standard InChI is InChI=1S/C16H30N2O2/c17-14-8-5-13(6-9-14)7-10-16(20)18(11-12-19)15-3-1-2-4-15/h13-15,19H,1-12,17H2. The highest BCUT2D eigenvalue weighted by atomic mass is 16.3. The van der Waals surface area contributed by atoms with Gasteiger partial charge < -0.3 is 15.7 Å². The summed E-state index contributed by atoms with van der Waals surface area (Å²) in [6.45, 7) is 0.597. The van der Waals surface area contributed by atoms with Crippen LogP contribution in [-0.4, -0.2) is 41.1 Å². The summed E-state index contributed by atoms with van der Waals surface area (Å²) in [5.74, 6) is 0.930. The number of hydrogen-bond acceptors (Lipinski definition) is 3. The minimum atomic E-state index is 0.0839. The SMILES string of the molecule is NC1CCC(CCC(=O)N(CCO)C2CCCC2)CC1. The third kappa shape index (κ3) is 4.45. The van der Waals surface area contributed by atoms with Crippen LogP contribution in [0.1, 0.15) is 64.2 Å². The summed E-state index contributed by atoms with van der Waals surface area (Å²) in [5.41, 5.74) is 5.92. The van der Waals surface area contributed by atoms with Gasteiger partial charge in [0.25, 0.3) is 0 Å². The second-order valence-electron chi connectivity index (χ2n) is 6.57. The average Bonchev–Trinajstić information content (AvgIpc) is 2.97. The van der Waals surface area contributed by atoms with Gasteiger partial charge in [0.15, 0.2) is 0 Å². The van der Waals surface area contributed by atoms with Crippen molar-refractivity contribution in [3.63, 3.8) is 0 Å². The second-order valence-corrected chi connectivity index (χ2v) is 6.57. The molecule has 4 heteroatoms. The van der Waals surface area contributed by atoms with Gasteiger partial charge in [-0.15, -0.1) is 0 Å². The quantitative estimate of drug-likeness (QED) is 0.783. The third-order valence-electron chi connectivity index (χ3n) is 5.08. The Morgan fingerprint density at radius 2 is 1.75 bits per heavy atom. The predicted molar refractivity (Wildman–Crippen MR) is 80.2 cm³/mol. The highest BCUT2D eigenvalue weighted by molar-refractivity contribution is 5.76. The fourth-order valence-electron chi connectivity index (χ4n) is 3.78. The van der Waals surface area contributed by atoms with E-state index in [9.17, 15) is 9.90 Å². The number of aliphatic hydroxyl groups excluding tert-OH is 1. The Kier molecular flexibility index (Phi) is 6.30. The molecule has 0 spiro atoms. The number of nitrogens with two attached hydrogens (primary N) is 1. The first kappa shape index (κ1) is 15.8. The van der Waals surface area contributed by atoms with E-state index in [4.69, 9.17) is 5.73 Å². The van der Waals surface area contributed by atoms with E-state index in [0.29, 0.717) is 31.0 Å². The first-order chi connectivity index (χ1) is 9.70. The predicted octanol–water partition coefficient (Wildman–Crippen LogP) is 2.05. The highest BCUT2D eigenvalue weighted by Gasteiger charge is 2.27. The summed E-state index contributed by atoms with van der Waals surface area (Å²) in [7, 11) is 0. The van der Waals surface area contributed by atoms with Crippen LogP contribution in [-0.2, 0) is 4.79 Å². The Labute approximate surface area is 122 Å². The molecule has 0 aromatic rings. The smallest absolute Gasteiger partial charge is 0.222 e. The van der Waals surface area contributed by atoms with Crippen LogP contribution in [0.3, 0.4) is 0 Å². The molecule has 0 atom stereocenters. The molecule has 0 bridgehead atoms. The minimum Gasteiger partial charge on any atom is -0.395 e. The Hall–Kier alpha value is -0.610. The zero-order chi connectivity index (χ0) is 14.4. The molecular weight excluding hydrogens is 252 g/mol. The van der Waals surface area contributed by atoms with E-state index in [1.807, 2.05) is 4.90 Å². The van der Waals surface area contributed by atoms with Crippen LogP contribution >= 0.6 is 0 Å². The maximum Gasteiger partial charge on any atom is 0.222 e. The van der Waals surface area contributed by atoms with Crippen LogP contribution in [0, 0.1) is 5.92 Å². The van der Waals surface area contributed by atoms with Gasteiger partial charge in [-0.1, -0.05) is 12.8 Å². The number of carbonyl (C=O) groups excluding carboxylic acids is 1. The van der Waals surface area contributed by atoms with Crippen molar-refractivity contribution in [1.29, 1.82) is 0 Å². The van der Waals surface area contributed by atoms with E-state index in [1.54, 1.807) is 0 Å². The Bertz CT molecular complexity index is 295. The highest BCUT2D eigenvalue weighted by Crippen LogP contribution is 2.28. The number of amides is 1. The molecule has 2 aliphatic rings. The van der Waals surface area contributed by atoms with Crippen molar-refractivity contribution >= 4 is 5.91 Å². The molecule has 2 rings (SSSR count). The maximum absolute atomic E-state index is 12.4. The molecule has 2 saturated carbocycles. The molecule has 1 amide bonds. The molecule has 2 fully saturated rings. The average molecular weight is 282 g/mol. The van der Waals surface area contributed by atoms with Gasteiger partial charge in [0.2, 0.25) is 5.91 Å². The third-order valence-corrected chi connectivity index (χ3v) is 5.08. The van der Waals surface area contributed by atoms with Gasteiger partial charge in [0.1, 0.15) is 0 Å². The lowest BCUT2D eigenvalue weighted by Crippen LogP contribution is -2.40. The molecule has 0 saturated heterocycles. The van der Waals surface area contributed by atoms with Crippen LogP contribution in [0.25, 0.3) is 0 Å².